The van der Waals surface area contributed by atoms with Crippen LogP contribution in [-0.2, 0) is 14.2 Å². The molecule has 6 aliphatic rings. The Bertz CT molecular complexity index is 788. The van der Waals surface area contributed by atoms with Crippen LogP contribution in [0.5, 0.6) is 0 Å². The zero-order valence-corrected chi connectivity index (χ0v) is 21.4. The average Bonchev–Trinajstić information content (AvgIpc) is 3.34. The number of aliphatic hydroxyl groups excluding tert-OH is 2. The van der Waals surface area contributed by atoms with E-state index in [-0.39, 0.29) is 24.0 Å². The van der Waals surface area contributed by atoms with Crippen LogP contribution in [0, 0.1) is 46.3 Å². The van der Waals surface area contributed by atoms with Crippen molar-refractivity contribution in [3.05, 3.63) is 0 Å². The minimum absolute atomic E-state index is 0.0788. The van der Waals surface area contributed by atoms with Crippen molar-refractivity contribution in [2.45, 2.75) is 115 Å². The molecule has 0 aromatic heterocycles. The van der Waals surface area contributed by atoms with Gasteiger partial charge in [0.15, 0.2) is 5.79 Å². The molecule has 0 aromatic carbocycles. The number of fused-ring (bicyclic) bond motifs is 7. The maximum absolute atomic E-state index is 11.1. The van der Waals surface area contributed by atoms with Crippen LogP contribution in [0.4, 0.5) is 0 Å². The van der Waals surface area contributed by atoms with Gasteiger partial charge in [0.25, 0.3) is 0 Å². The van der Waals surface area contributed by atoms with E-state index >= 15 is 0 Å². The molecule has 6 rings (SSSR count). The lowest BCUT2D eigenvalue weighted by atomic mass is 9.44. The molecule has 2 heterocycles. The van der Waals surface area contributed by atoms with E-state index in [4.69, 9.17) is 14.2 Å². The van der Waals surface area contributed by atoms with E-state index in [1.54, 1.807) is 0 Å². The molecule has 5 nitrogen and oxygen atoms in total. The Morgan fingerprint density at radius 2 is 1.73 bits per heavy atom. The van der Waals surface area contributed by atoms with Crippen LogP contribution in [0.1, 0.15) is 85.5 Å². The van der Waals surface area contributed by atoms with Crippen LogP contribution in [-0.4, -0.2) is 53.6 Å². The second-order valence-electron chi connectivity index (χ2n) is 13.7. The summed E-state index contributed by atoms with van der Waals surface area (Å²) in [5.41, 5.74) is 0.0135. The van der Waals surface area contributed by atoms with Crippen molar-refractivity contribution in [1.82, 2.24) is 0 Å². The summed E-state index contributed by atoms with van der Waals surface area (Å²) in [7, 11) is 1.89. The van der Waals surface area contributed by atoms with Crippen molar-refractivity contribution in [2.24, 2.45) is 46.3 Å². The van der Waals surface area contributed by atoms with Gasteiger partial charge in [-0.15, -0.1) is 0 Å². The van der Waals surface area contributed by atoms with E-state index in [0.29, 0.717) is 29.8 Å². The van der Waals surface area contributed by atoms with Crippen LogP contribution in [0.2, 0.25) is 0 Å². The molecule has 13 atom stereocenters. The molecule has 2 N–H and O–H groups in total. The van der Waals surface area contributed by atoms with Crippen molar-refractivity contribution < 1.29 is 24.4 Å². The monoisotopic (exact) mass is 462 g/mol. The Labute approximate surface area is 199 Å². The predicted octanol–water partition coefficient (Wildman–Crippen LogP) is 4.53. The summed E-state index contributed by atoms with van der Waals surface area (Å²) < 4.78 is 18.9. The lowest BCUT2D eigenvalue weighted by Gasteiger charge is -2.61. The number of ether oxygens (including phenoxy) is 3. The first-order valence-corrected chi connectivity index (χ1v) is 13.8. The summed E-state index contributed by atoms with van der Waals surface area (Å²) in [6.07, 6.45) is 10.7. The van der Waals surface area contributed by atoms with Crippen LogP contribution >= 0.6 is 0 Å². The molecular weight excluding hydrogens is 416 g/mol. The van der Waals surface area contributed by atoms with Gasteiger partial charge < -0.3 is 24.4 Å². The minimum atomic E-state index is -0.945. The first-order chi connectivity index (χ1) is 15.6. The number of methoxy groups -OCH3 is 1. The summed E-state index contributed by atoms with van der Waals surface area (Å²) in [5, 5.41) is 21.0. The van der Waals surface area contributed by atoms with Gasteiger partial charge in [0.05, 0.1) is 24.4 Å². The molecule has 4 aliphatic carbocycles. The quantitative estimate of drug-likeness (QED) is 0.631. The number of aliphatic hydroxyl groups is 2. The summed E-state index contributed by atoms with van der Waals surface area (Å²) in [5.74, 6) is 2.79. The van der Waals surface area contributed by atoms with Crippen molar-refractivity contribution in [3.8, 4) is 0 Å². The molecule has 5 heteroatoms. The van der Waals surface area contributed by atoms with Crippen LogP contribution < -0.4 is 0 Å². The molecule has 2 aliphatic heterocycles. The topological polar surface area (TPSA) is 68.2 Å². The van der Waals surface area contributed by atoms with Gasteiger partial charge in [-0.3, -0.25) is 0 Å². The summed E-state index contributed by atoms with van der Waals surface area (Å²) in [4.78, 5) is 0. The molecule has 33 heavy (non-hydrogen) atoms. The molecule has 1 spiro atoms. The number of hydrogen-bond donors (Lipinski definition) is 2. The van der Waals surface area contributed by atoms with Gasteiger partial charge in [0.1, 0.15) is 6.10 Å². The highest BCUT2D eigenvalue weighted by Gasteiger charge is 2.72. The SMILES string of the molecule is CO[C@H]1CC[C@@]2(C)[C@@H](CC[C@@H]3[C@@H]2CC[C@]2(C)[C@@H]4[C@H](C[C@@H]32)O[C@]2(O[C@@](C)(CO)C[C@@H]2O)[C@H]4C)C1. The zero-order valence-electron chi connectivity index (χ0n) is 21.4. The van der Waals surface area contributed by atoms with E-state index in [1.807, 2.05) is 14.0 Å². The predicted molar refractivity (Wildman–Crippen MR) is 125 cm³/mol. The largest absolute Gasteiger partial charge is 0.393 e. The van der Waals surface area contributed by atoms with Crippen molar-refractivity contribution in [1.29, 1.82) is 0 Å². The third-order valence-corrected chi connectivity index (χ3v) is 12.4. The molecule has 0 amide bonds. The average molecular weight is 463 g/mol. The smallest absolute Gasteiger partial charge is 0.198 e. The fourth-order valence-electron chi connectivity index (χ4n) is 10.7. The van der Waals surface area contributed by atoms with Gasteiger partial charge in [-0.2, -0.15) is 0 Å². The van der Waals surface area contributed by atoms with E-state index in [0.717, 1.165) is 24.2 Å². The van der Waals surface area contributed by atoms with Gasteiger partial charge in [0, 0.05) is 19.4 Å². The van der Waals surface area contributed by atoms with Gasteiger partial charge in [-0.1, -0.05) is 20.8 Å². The van der Waals surface area contributed by atoms with E-state index in [9.17, 15) is 10.2 Å². The molecule has 0 unspecified atom stereocenters. The molecular formula is C28H46O5. The maximum Gasteiger partial charge on any atom is 0.198 e. The fourth-order valence-corrected chi connectivity index (χ4v) is 10.7. The molecule has 4 saturated carbocycles. The normalized spacial score (nSPS) is 62.1. The van der Waals surface area contributed by atoms with Gasteiger partial charge >= 0.3 is 0 Å². The first-order valence-electron chi connectivity index (χ1n) is 13.8. The third kappa shape index (κ3) is 2.95. The third-order valence-electron chi connectivity index (χ3n) is 12.4. The van der Waals surface area contributed by atoms with Crippen molar-refractivity contribution in [3.63, 3.8) is 0 Å². The Morgan fingerprint density at radius 1 is 0.970 bits per heavy atom. The molecule has 0 bridgehead atoms. The van der Waals surface area contributed by atoms with Gasteiger partial charge in [-0.05, 0) is 98.7 Å². The zero-order chi connectivity index (χ0) is 23.4. The second-order valence-corrected chi connectivity index (χ2v) is 13.7. The van der Waals surface area contributed by atoms with Crippen molar-refractivity contribution >= 4 is 0 Å². The summed E-state index contributed by atoms with van der Waals surface area (Å²) in [6, 6.07) is 0. The summed E-state index contributed by atoms with van der Waals surface area (Å²) in [6.45, 7) is 9.24. The van der Waals surface area contributed by atoms with Gasteiger partial charge in [-0.25, -0.2) is 0 Å². The lowest BCUT2D eigenvalue weighted by molar-refractivity contribution is -0.285. The molecule has 0 radical (unpaired) electrons. The first kappa shape index (κ1) is 23.2. The van der Waals surface area contributed by atoms with Crippen LogP contribution in [0.25, 0.3) is 0 Å². The molecule has 6 fully saturated rings. The maximum atomic E-state index is 11.1. The van der Waals surface area contributed by atoms with E-state index in [1.165, 1.54) is 44.9 Å². The van der Waals surface area contributed by atoms with Crippen LogP contribution in [0.15, 0.2) is 0 Å². The Hall–Kier alpha value is -0.200. The highest BCUT2D eigenvalue weighted by molar-refractivity contribution is 5.17. The molecule has 188 valence electrons. The van der Waals surface area contributed by atoms with Crippen molar-refractivity contribution in [2.75, 3.05) is 13.7 Å². The van der Waals surface area contributed by atoms with E-state index < -0.39 is 17.5 Å². The van der Waals surface area contributed by atoms with E-state index in [2.05, 4.69) is 20.8 Å². The molecule has 0 aromatic rings. The fraction of sp³-hybridized carbons (Fsp3) is 1.00. The minimum Gasteiger partial charge on any atom is -0.393 e. The number of hydrogen-bond acceptors (Lipinski definition) is 5. The number of rotatable bonds is 2. The lowest BCUT2D eigenvalue weighted by Crippen LogP contribution is -2.55. The van der Waals surface area contributed by atoms with Crippen LogP contribution in [0.3, 0.4) is 0 Å². The second kappa shape index (κ2) is 7.41. The highest BCUT2D eigenvalue weighted by Crippen LogP contribution is 2.71. The Balaban J connectivity index is 1.26. The summed E-state index contributed by atoms with van der Waals surface area (Å²) >= 11 is 0. The Kier molecular flexibility index (Phi) is 5.21. The molecule has 2 saturated heterocycles. The Morgan fingerprint density at radius 3 is 2.42 bits per heavy atom. The highest BCUT2D eigenvalue weighted by atomic mass is 16.7. The standard InChI is InChI=1S/C28H46O5/c1-16-24-22(32-28(16)23(30)14-25(2,15-29)33-28)13-21-19-7-6-17-12-18(31-5)8-10-26(17,3)20(19)9-11-27(21,24)4/h16-24,29-30H,6-15H2,1-5H3/t16-,17-,18-,19+,20-,21-,22-,23-,24-,25+,26-,27-,28-/m0/s1. The van der Waals surface area contributed by atoms with Gasteiger partial charge in [0.2, 0.25) is 0 Å².